The van der Waals surface area contributed by atoms with Crippen LogP contribution in [0.5, 0.6) is 0 Å². The highest BCUT2D eigenvalue weighted by atomic mass is 32.2. The highest BCUT2D eigenvalue weighted by molar-refractivity contribution is 7.98. The molecule has 1 atom stereocenters. The van der Waals surface area contributed by atoms with Gasteiger partial charge in [-0.15, -0.1) is 11.3 Å². The first-order valence-electron chi connectivity index (χ1n) is 8.23. The fourth-order valence-electron chi connectivity index (χ4n) is 3.01. The van der Waals surface area contributed by atoms with Crippen LogP contribution in [0.1, 0.15) is 28.8 Å². The quantitative estimate of drug-likeness (QED) is 0.824. The van der Waals surface area contributed by atoms with Gasteiger partial charge in [0.25, 0.3) is 0 Å². The molecule has 1 heterocycles. The largest absolute Gasteiger partial charge is 0.320 e. The number of amides is 1. The summed E-state index contributed by atoms with van der Waals surface area (Å²) in [6.45, 7) is 2.05. The van der Waals surface area contributed by atoms with E-state index in [0.717, 1.165) is 28.3 Å². The fraction of sp³-hybridized carbons (Fsp3) is 0.444. The summed E-state index contributed by atoms with van der Waals surface area (Å²) in [4.78, 5) is 17.9. The zero-order valence-corrected chi connectivity index (χ0v) is 15.7. The summed E-state index contributed by atoms with van der Waals surface area (Å²) in [6.07, 6.45) is 6.26. The topological polar surface area (TPSA) is 68.0 Å². The summed E-state index contributed by atoms with van der Waals surface area (Å²) >= 11 is 3.20. The van der Waals surface area contributed by atoms with Crippen LogP contribution in [0.25, 0.3) is 11.3 Å². The van der Waals surface area contributed by atoms with E-state index in [9.17, 15) is 4.79 Å². The van der Waals surface area contributed by atoms with Crippen LogP contribution in [0.15, 0.2) is 18.2 Å². The number of aromatic nitrogens is 1. The molecule has 1 aliphatic carbocycles. The molecular weight excluding hydrogens is 338 g/mol. The molecule has 0 unspecified atom stereocenters. The number of nitrogens with one attached hydrogen (secondary N) is 1. The van der Waals surface area contributed by atoms with Crippen LogP contribution in [0.4, 0.5) is 5.13 Å². The summed E-state index contributed by atoms with van der Waals surface area (Å²) in [5, 5.41) is 3.50. The maximum atomic E-state index is 12.2. The summed E-state index contributed by atoms with van der Waals surface area (Å²) < 4.78 is 0. The Balaban J connectivity index is 1.74. The van der Waals surface area contributed by atoms with E-state index in [1.807, 2.05) is 13.2 Å². The number of nitrogens with zero attached hydrogens (tertiary/aromatic N) is 1. The predicted octanol–water partition coefficient (Wildman–Crippen LogP) is 3.63. The maximum Gasteiger partial charge on any atom is 0.243 e. The van der Waals surface area contributed by atoms with Crippen molar-refractivity contribution >= 4 is 34.1 Å². The number of carbonyl (C=O) groups is 1. The number of rotatable bonds is 6. The van der Waals surface area contributed by atoms with E-state index in [1.165, 1.54) is 35.3 Å². The summed E-state index contributed by atoms with van der Waals surface area (Å²) in [5.74, 6) is 0.726. The van der Waals surface area contributed by atoms with Crippen LogP contribution in [0.2, 0.25) is 0 Å². The molecule has 128 valence electrons. The Kier molecular flexibility index (Phi) is 5.58. The molecule has 0 spiro atoms. The molecule has 0 bridgehead atoms. The van der Waals surface area contributed by atoms with E-state index >= 15 is 0 Å². The Morgan fingerprint density at radius 3 is 3.00 bits per heavy atom. The van der Waals surface area contributed by atoms with Crippen molar-refractivity contribution in [3.05, 3.63) is 34.2 Å². The van der Waals surface area contributed by atoms with Crippen molar-refractivity contribution in [1.82, 2.24) is 4.98 Å². The average Bonchev–Trinajstić information content (AvgIpc) is 3.17. The van der Waals surface area contributed by atoms with Gasteiger partial charge in [0.05, 0.1) is 11.7 Å². The lowest BCUT2D eigenvalue weighted by atomic mass is 10.0. The molecule has 1 amide bonds. The second-order valence-corrected chi connectivity index (χ2v) is 8.33. The zero-order chi connectivity index (χ0) is 17.1. The van der Waals surface area contributed by atoms with Gasteiger partial charge in [-0.3, -0.25) is 4.79 Å². The van der Waals surface area contributed by atoms with Crippen LogP contribution < -0.4 is 11.1 Å². The maximum absolute atomic E-state index is 12.2. The third-order valence-electron chi connectivity index (χ3n) is 4.37. The van der Waals surface area contributed by atoms with Crippen molar-refractivity contribution in [2.75, 3.05) is 17.3 Å². The number of hydrogen-bond donors (Lipinski definition) is 2. The molecule has 3 N–H and O–H groups in total. The molecule has 24 heavy (non-hydrogen) atoms. The van der Waals surface area contributed by atoms with Crippen molar-refractivity contribution in [3.63, 3.8) is 0 Å². The predicted molar refractivity (Wildman–Crippen MR) is 104 cm³/mol. The highest BCUT2D eigenvalue weighted by Crippen LogP contribution is 2.33. The minimum atomic E-state index is -0.481. The van der Waals surface area contributed by atoms with Gasteiger partial charge in [-0.1, -0.05) is 12.1 Å². The molecule has 0 aliphatic heterocycles. The lowest BCUT2D eigenvalue weighted by Crippen LogP contribution is -2.36. The number of fused-ring (bicyclic) bond motifs is 1. The lowest BCUT2D eigenvalue weighted by molar-refractivity contribution is -0.117. The second-order valence-electron chi connectivity index (χ2n) is 6.14. The summed E-state index contributed by atoms with van der Waals surface area (Å²) in [6, 6.07) is 6.13. The van der Waals surface area contributed by atoms with Crippen LogP contribution in [-0.2, 0) is 17.6 Å². The van der Waals surface area contributed by atoms with Gasteiger partial charge in [0.2, 0.25) is 5.91 Å². The Morgan fingerprint density at radius 1 is 1.42 bits per heavy atom. The molecule has 1 aliphatic rings. The number of thioether (sulfide) groups is 1. The van der Waals surface area contributed by atoms with Crippen LogP contribution in [0, 0.1) is 6.92 Å². The normalized spacial score (nSPS) is 14.5. The van der Waals surface area contributed by atoms with E-state index in [2.05, 4.69) is 28.5 Å². The smallest absolute Gasteiger partial charge is 0.243 e. The first-order chi connectivity index (χ1) is 11.6. The monoisotopic (exact) mass is 361 g/mol. The van der Waals surface area contributed by atoms with E-state index in [4.69, 9.17) is 5.73 Å². The van der Waals surface area contributed by atoms with Crippen molar-refractivity contribution in [3.8, 4) is 11.3 Å². The van der Waals surface area contributed by atoms with Crippen LogP contribution >= 0.6 is 23.1 Å². The van der Waals surface area contributed by atoms with Gasteiger partial charge in [0.15, 0.2) is 5.13 Å². The first-order valence-corrected chi connectivity index (χ1v) is 10.4. The Morgan fingerprint density at radius 2 is 2.21 bits per heavy atom. The van der Waals surface area contributed by atoms with Gasteiger partial charge in [-0.05, 0) is 61.8 Å². The fourth-order valence-corrected chi connectivity index (χ4v) is 4.34. The van der Waals surface area contributed by atoms with Gasteiger partial charge < -0.3 is 11.1 Å². The van der Waals surface area contributed by atoms with Gasteiger partial charge in [0.1, 0.15) is 0 Å². The van der Waals surface area contributed by atoms with Gasteiger partial charge in [-0.2, -0.15) is 11.8 Å². The minimum Gasteiger partial charge on any atom is -0.320 e. The number of carbonyl (C=O) groups excluding carboxylic acids is 1. The number of thiazole rings is 1. The van der Waals surface area contributed by atoms with E-state index in [-0.39, 0.29) is 5.91 Å². The van der Waals surface area contributed by atoms with Crippen molar-refractivity contribution < 1.29 is 4.79 Å². The number of anilines is 1. The molecule has 0 fully saturated rings. The highest BCUT2D eigenvalue weighted by Gasteiger charge is 2.18. The Bertz CT molecular complexity index is 742. The molecule has 0 saturated heterocycles. The van der Waals surface area contributed by atoms with E-state index < -0.39 is 6.04 Å². The average molecular weight is 362 g/mol. The molecule has 0 radical (unpaired) electrons. The second kappa shape index (κ2) is 7.68. The number of benzene rings is 1. The molecule has 6 heteroatoms. The first kappa shape index (κ1) is 17.5. The molecule has 3 rings (SSSR count). The van der Waals surface area contributed by atoms with Gasteiger partial charge >= 0.3 is 0 Å². The lowest BCUT2D eigenvalue weighted by Gasteiger charge is -2.09. The van der Waals surface area contributed by atoms with Crippen LogP contribution in [-0.4, -0.2) is 28.9 Å². The Labute approximate surface area is 151 Å². The standard InChI is InChI=1S/C18H23N3OS2/c1-11-16(14-7-6-12-4-3-5-13(12)10-14)20-18(24-11)21-17(22)15(19)8-9-23-2/h6-7,10,15H,3-5,8-9,19H2,1-2H3,(H,20,21,22)/t15-/m0/s1. The number of nitrogens with two attached hydrogens (primary N) is 1. The SMILES string of the molecule is CSCC[C@H](N)C(=O)Nc1nc(-c2ccc3c(c2)CCC3)c(C)s1. The number of aryl methyl sites for hydroxylation is 3. The van der Waals surface area contributed by atoms with E-state index in [1.54, 1.807) is 11.8 Å². The third-order valence-corrected chi connectivity index (χ3v) is 5.90. The van der Waals surface area contributed by atoms with E-state index in [0.29, 0.717) is 11.6 Å². The zero-order valence-electron chi connectivity index (χ0n) is 14.1. The van der Waals surface area contributed by atoms with Gasteiger partial charge in [-0.25, -0.2) is 4.98 Å². The van der Waals surface area contributed by atoms with Crippen molar-refractivity contribution in [2.45, 2.75) is 38.6 Å². The van der Waals surface area contributed by atoms with Gasteiger partial charge in [0, 0.05) is 10.4 Å². The molecule has 0 saturated carbocycles. The molecule has 1 aromatic carbocycles. The minimum absolute atomic E-state index is 0.154. The van der Waals surface area contributed by atoms with Crippen molar-refractivity contribution in [1.29, 1.82) is 0 Å². The number of hydrogen-bond acceptors (Lipinski definition) is 5. The molecule has 4 nitrogen and oxygen atoms in total. The molecule has 1 aromatic heterocycles. The summed E-state index contributed by atoms with van der Waals surface area (Å²) in [7, 11) is 0. The molecular formula is C18H23N3OS2. The Hall–Kier alpha value is -1.37. The third kappa shape index (κ3) is 3.82. The van der Waals surface area contributed by atoms with Crippen LogP contribution in [0.3, 0.4) is 0 Å². The molecule has 2 aromatic rings. The van der Waals surface area contributed by atoms with Crippen molar-refractivity contribution in [2.24, 2.45) is 5.73 Å². The summed E-state index contributed by atoms with van der Waals surface area (Å²) in [5.41, 5.74) is 10.9.